The highest BCUT2D eigenvalue weighted by molar-refractivity contribution is 6.12. The first-order chi connectivity index (χ1) is 30.5. The quantitative estimate of drug-likeness (QED) is 0.162. The van der Waals surface area contributed by atoms with Crippen molar-refractivity contribution in [3.63, 3.8) is 0 Å². The maximum Gasteiger partial charge on any atom is 0.136 e. The minimum absolute atomic E-state index is 0.168. The maximum absolute atomic E-state index is 6.56. The third kappa shape index (κ3) is 5.76. The first-order valence-corrected chi connectivity index (χ1v) is 21.2. The standard InChI is InChI=1S/C59H40N2O/c1-59(2)53-35-41(27-32-47(53)51-38-56-52(37-54(51)59)48-20-12-13-21-55(48)61(56)45-18-10-5-11-19-45)42-28-33-50-49-31-26-40(34-57(49)62-58(50)36-42)23-22-39-24-29-46(30-25-39)60(43-14-6-3-7-15-43)44-16-8-4-9-17-44/h3-21,24-38H,1-2H3. The summed E-state index contributed by atoms with van der Waals surface area (Å²) in [7, 11) is 0. The van der Waals surface area contributed by atoms with E-state index in [2.05, 4.69) is 229 Å². The topological polar surface area (TPSA) is 21.3 Å². The molecule has 0 amide bonds. The number of hydrogen-bond donors (Lipinski definition) is 0. The van der Waals surface area contributed by atoms with Gasteiger partial charge in [-0.3, -0.25) is 0 Å². The summed E-state index contributed by atoms with van der Waals surface area (Å²) in [5.41, 5.74) is 18.0. The van der Waals surface area contributed by atoms with E-state index in [1.54, 1.807) is 0 Å². The minimum Gasteiger partial charge on any atom is -0.456 e. The zero-order chi connectivity index (χ0) is 41.4. The van der Waals surface area contributed by atoms with Crippen molar-refractivity contribution in [1.82, 2.24) is 4.57 Å². The molecule has 3 heteroatoms. The lowest BCUT2D eigenvalue weighted by Crippen LogP contribution is -2.15. The van der Waals surface area contributed by atoms with Gasteiger partial charge in [0.05, 0.1) is 11.0 Å². The number of anilines is 3. The van der Waals surface area contributed by atoms with E-state index in [1.807, 2.05) is 12.1 Å². The molecule has 0 radical (unpaired) electrons. The summed E-state index contributed by atoms with van der Waals surface area (Å²) in [6, 6.07) is 73.6. The molecule has 9 aromatic carbocycles. The largest absolute Gasteiger partial charge is 0.456 e. The minimum atomic E-state index is -0.168. The molecule has 0 saturated carbocycles. The zero-order valence-electron chi connectivity index (χ0n) is 34.4. The van der Waals surface area contributed by atoms with E-state index >= 15 is 0 Å². The monoisotopic (exact) mass is 792 g/mol. The molecular formula is C59H40N2O. The average Bonchev–Trinajstić information content (AvgIpc) is 3.93. The second-order valence-electron chi connectivity index (χ2n) is 16.8. The summed E-state index contributed by atoms with van der Waals surface area (Å²) in [6.07, 6.45) is 0. The molecule has 1 aliphatic carbocycles. The van der Waals surface area contributed by atoms with E-state index < -0.39 is 0 Å². The Balaban J connectivity index is 0.852. The van der Waals surface area contributed by atoms with Crippen LogP contribution in [0.25, 0.3) is 71.7 Å². The Hall–Kier alpha value is -8.06. The van der Waals surface area contributed by atoms with Gasteiger partial charge in [-0.25, -0.2) is 0 Å². The molecule has 0 spiro atoms. The lowest BCUT2D eigenvalue weighted by molar-refractivity contribution is 0.661. The SMILES string of the molecule is CC1(C)c2cc(-c3ccc4c(c3)oc3cc(C#Cc5ccc(N(c6ccccc6)c6ccccc6)cc5)ccc34)ccc2-c2cc3c(cc21)c1ccccc1n3-c1ccccc1. The van der Waals surface area contributed by atoms with Crippen molar-refractivity contribution in [1.29, 1.82) is 0 Å². The van der Waals surface area contributed by atoms with Crippen molar-refractivity contribution < 1.29 is 4.42 Å². The fourth-order valence-corrected chi connectivity index (χ4v) is 9.71. The van der Waals surface area contributed by atoms with Crippen LogP contribution in [0.15, 0.2) is 211 Å². The molecule has 0 atom stereocenters. The van der Waals surface area contributed by atoms with Gasteiger partial charge in [0.2, 0.25) is 0 Å². The predicted octanol–water partition coefficient (Wildman–Crippen LogP) is 15.5. The van der Waals surface area contributed by atoms with Crippen LogP contribution in [0.1, 0.15) is 36.1 Å². The Kier molecular flexibility index (Phi) is 8.10. The lowest BCUT2D eigenvalue weighted by atomic mass is 9.81. The van der Waals surface area contributed by atoms with Crippen molar-refractivity contribution in [2.75, 3.05) is 4.90 Å². The number of aromatic nitrogens is 1. The molecule has 2 heterocycles. The van der Waals surface area contributed by atoms with Crippen LogP contribution in [0, 0.1) is 11.8 Å². The second kappa shape index (κ2) is 14.0. The number of rotatable bonds is 5. The van der Waals surface area contributed by atoms with Crippen molar-refractivity contribution in [2.45, 2.75) is 19.3 Å². The van der Waals surface area contributed by atoms with Crippen LogP contribution in [0.5, 0.6) is 0 Å². The van der Waals surface area contributed by atoms with Gasteiger partial charge in [0.15, 0.2) is 0 Å². The maximum atomic E-state index is 6.56. The molecule has 0 bridgehead atoms. The number of furan rings is 1. The Morgan fingerprint density at radius 1 is 0.419 bits per heavy atom. The van der Waals surface area contributed by atoms with Gasteiger partial charge in [0, 0.05) is 60.8 Å². The van der Waals surface area contributed by atoms with Crippen molar-refractivity contribution >= 4 is 60.8 Å². The molecule has 62 heavy (non-hydrogen) atoms. The summed E-state index contributed by atoms with van der Waals surface area (Å²) < 4.78 is 8.97. The van der Waals surface area contributed by atoms with Crippen molar-refractivity contribution in [3.8, 4) is 39.8 Å². The van der Waals surface area contributed by atoms with Crippen molar-refractivity contribution in [3.05, 3.63) is 229 Å². The van der Waals surface area contributed by atoms with Crippen LogP contribution in [-0.2, 0) is 5.41 Å². The Bertz CT molecular complexity index is 3550. The van der Waals surface area contributed by atoms with Gasteiger partial charge in [0.25, 0.3) is 0 Å². The molecule has 3 nitrogen and oxygen atoms in total. The molecule has 0 unspecified atom stereocenters. The molecular weight excluding hydrogens is 753 g/mol. The zero-order valence-corrected chi connectivity index (χ0v) is 34.4. The molecule has 292 valence electrons. The Morgan fingerprint density at radius 3 is 1.73 bits per heavy atom. The highest BCUT2D eigenvalue weighted by atomic mass is 16.3. The normalized spacial score (nSPS) is 12.7. The van der Waals surface area contributed by atoms with E-state index in [4.69, 9.17) is 4.42 Å². The molecule has 12 rings (SSSR count). The summed E-state index contributed by atoms with van der Waals surface area (Å²) in [5, 5.41) is 4.76. The smallest absolute Gasteiger partial charge is 0.136 e. The average molecular weight is 793 g/mol. The van der Waals surface area contributed by atoms with Gasteiger partial charge in [-0.1, -0.05) is 117 Å². The van der Waals surface area contributed by atoms with Crippen molar-refractivity contribution in [2.24, 2.45) is 0 Å². The third-order valence-corrected chi connectivity index (χ3v) is 12.8. The van der Waals surface area contributed by atoms with Crippen LogP contribution in [-0.4, -0.2) is 4.57 Å². The second-order valence-corrected chi connectivity index (χ2v) is 16.8. The number of para-hydroxylation sites is 4. The van der Waals surface area contributed by atoms with Gasteiger partial charge < -0.3 is 13.9 Å². The van der Waals surface area contributed by atoms with Crippen LogP contribution >= 0.6 is 0 Å². The molecule has 2 aromatic heterocycles. The summed E-state index contributed by atoms with van der Waals surface area (Å²) in [5.74, 6) is 6.77. The number of hydrogen-bond acceptors (Lipinski definition) is 2. The Labute approximate surface area is 360 Å². The van der Waals surface area contributed by atoms with Crippen LogP contribution < -0.4 is 4.90 Å². The molecule has 1 aliphatic rings. The fourth-order valence-electron chi connectivity index (χ4n) is 9.71. The first-order valence-electron chi connectivity index (χ1n) is 21.2. The highest BCUT2D eigenvalue weighted by Gasteiger charge is 2.36. The fraction of sp³-hybridized carbons (Fsp3) is 0.0508. The van der Waals surface area contributed by atoms with E-state index in [-0.39, 0.29) is 5.41 Å². The van der Waals surface area contributed by atoms with Gasteiger partial charge in [0.1, 0.15) is 11.2 Å². The van der Waals surface area contributed by atoms with Crippen LogP contribution in [0.2, 0.25) is 0 Å². The van der Waals surface area contributed by atoms with E-state index in [0.717, 1.165) is 55.7 Å². The molecule has 0 saturated heterocycles. The van der Waals surface area contributed by atoms with Gasteiger partial charge in [-0.05, 0) is 149 Å². The predicted molar refractivity (Wildman–Crippen MR) is 258 cm³/mol. The van der Waals surface area contributed by atoms with Gasteiger partial charge in [-0.2, -0.15) is 0 Å². The molecule has 11 aromatic rings. The molecule has 0 aliphatic heterocycles. The summed E-state index contributed by atoms with van der Waals surface area (Å²) in [6.45, 7) is 4.74. The highest BCUT2D eigenvalue weighted by Crippen LogP contribution is 2.52. The van der Waals surface area contributed by atoms with Gasteiger partial charge in [-0.15, -0.1) is 0 Å². The summed E-state index contributed by atoms with van der Waals surface area (Å²) >= 11 is 0. The van der Waals surface area contributed by atoms with E-state index in [9.17, 15) is 0 Å². The van der Waals surface area contributed by atoms with Crippen LogP contribution in [0.4, 0.5) is 17.1 Å². The van der Waals surface area contributed by atoms with Gasteiger partial charge >= 0.3 is 0 Å². The summed E-state index contributed by atoms with van der Waals surface area (Å²) in [4.78, 5) is 2.26. The number of nitrogens with zero attached hydrogens (tertiary/aromatic N) is 2. The van der Waals surface area contributed by atoms with E-state index in [1.165, 1.54) is 55.3 Å². The Morgan fingerprint density at radius 2 is 0.984 bits per heavy atom. The first kappa shape index (κ1) is 35.8. The lowest BCUT2D eigenvalue weighted by Gasteiger charge is -2.25. The molecule has 0 N–H and O–H groups in total. The third-order valence-electron chi connectivity index (χ3n) is 12.8. The van der Waals surface area contributed by atoms with Crippen LogP contribution in [0.3, 0.4) is 0 Å². The molecule has 0 fully saturated rings. The van der Waals surface area contributed by atoms with E-state index in [0.29, 0.717) is 0 Å². The number of benzene rings is 9. The number of fused-ring (bicyclic) bond motifs is 9.